The minimum Gasteiger partial charge on any atom is -0.322 e. The number of para-hydroxylation sites is 1. The number of amides is 3. The van der Waals surface area contributed by atoms with Crippen LogP contribution in [0, 0.1) is 3.57 Å². The number of hydrogen-bond donors (Lipinski definition) is 1. The first-order valence-corrected chi connectivity index (χ1v) is 10.3. The lowest BCUT2D eigenvalue weighted by molar-refractivity contribution is -0.129. The molecule has 0 aromatic heterocycles. The number of carbonyl (C=O) groups excluding carboxylic acids is 3. The van der Waals surface area contributed by atoms with E-state index in [1.54, 1.807) is 29.2 Å². The number of halogens is 1. The molecule has 0 bridgehead atoms. The van der Waals surface area contributed by atoms with E-state index in [2.05, 4.69) is 27.9 Å². The Balaban J connectivity index is 1.85. The van der Waals surface area contributed by atoms with Crippen molar-refractivity contribution in [1.82, 2.24) is 4.90 Å². The monoisotopic (exact) mass is 489 g/mol. The molecule has 7 heteroatoms. The SMILES string of the molecule is CC(C)N1C(=O)c2ccccc2N2C(=O)CCC21C(=O)Nc1ccc(I)cc1. The Kier molecular flexibility index (Phi) is 4.65. The van der Waals surface area contributed by atoms with Crippen LogP contribution in [0.25, 0.3) is 0 Å². The first-order valence-electron chi connectivity index (χ1n) is 9.19. The summed E-state index contributed by atoms with van der Waals surface area (Å²) in [5, 5.41) is 2.93. The standard InChI is InChI=1S/C21H20IN3O3/c1-13(2)24-19(27)16-5-3-4-6-17(16)25-18(26)11-12-21(24,25)20(28)23-15-9-7-14(22)8-10-15/h3-10,13H,11-12H2,1-2H3,(H,23,28). The number of nitrogens with one attached hydrogen (secondary N) is 1. The molecule has 2 heterocycles. The van der Waals surface area contributed by atoms with E-state index in [-0.39, 0.29) is 36.6 Å². The van der Waals surface area contributed by atoms with Crippen LogP contribution in [0.15, 0.2) is 48.5 Å². The third-order valence-electron chi connectivity index (χ3n) is 5.28. The number of rotatable bonds is 3. The van der Waals surface area contributed by atoms with E-state index in [9.17, 15) is 14.4 Å². The zero-order valence-corrected chi connectivity index (χ0v) is 17.8. The van der Waals surface area contributed by atoms with Crippen LogP contribution in [0.4, 0.5) is 11.4 Å². The van der Waals surface area contributed by atoms with E-state index in [0.717, 1.165) is 3.57 Å². The van der Waals surface area contributed by atoms with Crippen LogP contribution in [0.2, 0.25) is 0 Å². The largest absolute Gasteiger partial charge is 0.322 e. The van der Waals surface area contributed by atoms with Gasteiger partial charge in [-0.25, -0.2) is 0 Å². The summed E-state index contributed by atoms with van der Waals surface area (Å²) in [4.78, 5) is 42.8. The molecule has 144 valence electrons. The predicted molar refractivity (Wildman–Crippen MR) is 115 cm³/mol. The van der Waals surface area contributed by atoms with Crippen LogP contribution >= 0.6 is 22.6 Å². The van der Waals surface area contributed by atoms with Crippen LogP contribution in [0.5, 0.6) is 0 Å². The van der Waals surface area contributed by atoms with Crippen LogP contribution in [-0.2, 0) is 9.59 Å². The lowest BCUT2D eigenvalue weighted by atomic mass is 9.94. The second kappa shape index (κ2) is 6.88. The Morgan fingerprint density at radius 1 is 1.11 bits per heavy atom. The number of fused-ring (bicyclic) bond motifs is 3. The van der Waals surface area contributed by atoms with Crippen molar-refractivity contribution in [3.8, 4) is 0 Å². The molecule has 0 radical (unpaired) electrons. The summed E-state index contributed by atoms with van der Waals surface area (Å²) < 4.78 is 1.05. The summed E-state index contributed by atoms with van der Waals surface area (Å²) in [5.41, 5.74) is 0.225. The van der Waals surface area contributed by atoms with Gasteiger partial charge in [0.25, 0.3) is 11.8 Å². The van der Waals surface area contributed by atoms with Crippen molar-refractivity contribution in [2.24, 2.45) is 0 Å². The highest BCUT2D eigenvalue weighted by Crippen LogP contribution is 2.45. The molecule has 28 heavy (non-hydrogen) atoms. The number of nitrogens with zero attached hydrogens (tertiary/aromatic N) is 2. The van der Waals surface area contributed by atoms with Crippen LogP contribution < -0.4 is 10.2 Å². The van der Waals surface area contributed by atoms with Crippen LogP contribution in [0.3, 0.4) is 0 Å². The van der Waals surface area contributed by atoms with Gasteiger partial charge in [-0.2, -0.15) is 0 Å². The number of benzene rings is 2. The molecule has 1 unspecified atom stereocenters. The lowest BCUT2D eigenvalue weighted by Gasteiger charge is -2.50. The molecule has 4 rings (SSSR count). The van der Waals surface area contributed by atoms with Gasteiger partial charge in [0.2, 0.25) is 11.6 Å². The smallest absolute Gasteiger partial charge is 0.271 e. The molecule has 3 amide bonds. The molecule has 2 aromatic rings. The summed E-state index contributed by atoms with van der Waals surface area (Å²) in [6.45, 7) is 3.74. The van der Waals surface area contributed by atoms with Gasteiger partial charge < -0.3 is 10.2 Å². The van der Waals surface area contributed by atoms with Crippen molar-refractivity contribution in [1.29, 1.82) is 0 Å². The van der Waals surface area contributed by atoms with Gasteiger partial charge in [-0.1, -0.05) is 12.1 Å². The average Bonchev–Trinajstić information content (AvgIpc) is 3.02. The minimum atomic E-state index is -1.36. The lowest BCUT2D eigenvalue weighted by Crippen LogP contribution is -2.70. The van der Waals surface area contributed by atoms with Crippen molar-refractivity contribution in [2.45, 2.75) is 38.4 Å². The molecule has 1 atom stereocenters. The molecule has 0 saturated carbocycles. The maximum absolute atomic E-state index is 13.6. The Bertz CT molecular complexity index is 973. The third kappa shape index (κ3) is 2.71. The van der Waals surface area contributed by atoms with E-state index in [0.29, 0.717) is 16.9 Å². The fraction of sp³-hybridized carbons (Fsp3) is 0.286. The molecular formula is C21H20IN3O3. The van der Waals surface area contributed by atoms with Gasteiger partial charge in [0, 0.05) is 28.1 Å². The highest BCUT2D eigenvalue weighted by Gasteiger charge is 2.61. The van der Waals surface area contributed by atoms with Crippen molar-refractivity contribution >= 4 is 51.7 Å². The average molecular weight is 489 g/mol. The number of anilines is 2. The molecule has 1 N–H and O–H groups in total. The van der Waals surface area contributed by atoms with Gasteiger partial charge in [-0.15, -0.1) is 0 Å². The van der Waals surface area contributed by atoms with Crippen molar-refractivity contribution < 1.29 is 14.4 Å². The van der Waals surface area contributed by atoms with Crippen LogP contribution in [0.1, 0.15) is 37.0 Å². The topological polar surface area (TPSA) is 69.7 Å². The molecular weight excluding hydrogens is 469 g/mol. The van der Waals surface area contributed by atoms with Crippen molar-refractivity contribution in [3.63, 3.8) is 0 Å². The summed E-state index contributed by atoms with van der Waals surface area (Å²) in [5.74, 6) is -0.742. The number of carbonyl (C=O) groups is 3. The second-order valence-electron chi connectivity index (χ2n) is 7.29. The van der Waals surface area contributed by atoms with Gasteiger partial charge in [-0.05, 0) is 72.8 Å². The Labute approximate surface area is 177 Å². The second-order valence-corrected chi connectivity index (χ2v) is 8.54. The fourth-order valence-electron chi connectivity index (χ4n) is 4.17. The van der Waals surface area contributed by atoms with Crippen LogP contribution in [-0.4, -0.2) is 34.3 Å². The fourth-order valence-corrected chi connectivity index (χ4v) is 4.53. The van der Waals surface area contributed by atoms with E-state index in [4.69, 9.17) is 0 Å². The van der Waals surface area contributed by atoms with Gasteiger partial charge in [0.1, 0.15) is 0 Å². The normalized spacial score (nSPS) is 21.0. The summed E-state index contributed by atoms with van der Waals surface area (Å²) in [7, 11) is 0. The highest BCUT2D eigenvalue weighted by atomic mass is 127. The van der Waals surface area contributed by atoms with E-state index < -0.39 is 5.66 Å². The molecule has 2 aliphatic heterocycles. The molecule has 0 aliphatic carbocycles. The Morgan fingerprint density at radius 2 is 1.79 bits per heavy atom. The quantitative estimate of drug-likeness (QED) is 0.670. The zero-order chi connectivity index (χ0) is 20.1. The van der Waals surface area contributed by atoms with Crippen molar-refractivity contribution in [3.05, 3.63) is 57.7 Å². The maximum atomic E-state index is 13.6. The van der Waals surface area contributed by atoms with Gasteiger partial charge in [-0.3, -0.25) is 19.3 Å². The van der Waals surface area contributed by atoms with Gasteiger partial charge in [0.05, 0.1) is 11.3 Å². The summed E-state index contributed by atoms with van der Waals surface area (Å²) in [6.07, 6.45) is 0.477. The molecule has 6 nitrogen and oxygen atoms in total. The predicted octanol–water partition coefficient (Wildman–Crippen LogP) is 3.62. The first-order chi connectivity index (χ1) is 13.4. The Hall–Kier alpha value is -2.42. The molecule has 0 spiro atoms. The van der Waals surface area contributed by atoms with E-state index in [1.165, 1.54) is 4.90 Å². The van der Waals surface area contributed by atoms with Gasteiger partial charge >= 0.3 is 0 Å². The van der Waals surface area contributed by atoms with E-state index >= 15 is 0 Å². The highest BCUT2D eigenvalue weighted by molar-refractivity contribution is 14.1. The molecule has 2 aliphatic rings. The summed E-state index contributed by atoms with van der Waals surface area (Å²) >= 11 is 2.20. The first kappa shape index (κ1) is 18.9. The van der Waals surface area contributed by atoms with E-state index in [1.807, 2.05) is 38.1 Å². The molecule has 1 saturated heterocycles. The molecule has 1 fully saturated rings. The number of hydrogen-bond acceptors (Lipinski definition) is 3. The summed E-state index contributed by atoms with van der Waals surface area (Å²) in [6, 6.07) is 14.2. The zero-order valence-electron chi connectivity index (χ0n) is 15.6. The maximum Gasteiger partial charge on any atom is 0.271 e. The molecule has 2 aromatic carbocycles. The Morgan fingerprint density at radius 3 is 2.46 bits per heavy atom. The minimum absolute atomic E-state index is 0.150. The van der Waals surface area contributed by atoms with Crippen molar-refractivity contribution in [2.75, 3.05) is 10.2 Å². The van der Waals surface area contributed by atoms with Gasteiger partial charge in [0.15, 0.2) is 0 Å². The third-order valence-corrected chi connectivity index (χ3v) is 6.00.